The van der Waals surface area contributed by atoms with Gasteiger partial charge in [0, 0.05) is 13.0 Å². The SMILES string of the molecule is C[C@@H](c1ccccc1)N1C[C@H](C(=O)OCC(=O)Nc2sccc2C(N)=O)CC1=O. The summed E-state index contributed by atoms with van der Waals surface area (Å²) < 4.78 is 5.08. The molecule has 0 bridgehead atoms. The Kier molecular flexibility index (Phi) is 6.28. The summed E-state index contributed by atoms with van der Waals surface area (Å²) in [5.74, 6) is -2.59. The number of benzene rings is 1. The van der Waals surface area contributed by atoms with E-state index in [1.807, 2.05) is 37.3 Å². The Labute approximate surface area is 171 Å². The van der Waals surface area contributed by atoms with Gasteiger partial charge < -0.3 is 20.7 Å². The summed E-state index contributed by atoms with van der Waals surface area (Å²) in [5, 5.41) is 4.42. The lowest BCUT2D eigenvalue weighted by Gasteiger charge is -2.25. The first-order chi connectivity index (χ1) is 13.9. The quantitative estimate of drug-likeness (QED) is 0.670. The number of likely N-dealkylation sites (tertiary alicyclic amines) is 1. The molecule has 0 aliphatic carbocycles. The van der Waals surface area contributed by atoms with Crippen molar-refractivity contribution in [2.75, 3.05) is 18.5 Å². The molecule has 8 nitrogen and oxygen atoms in total. The van der Waals surface area contributed by atoms with Crippen LogP contribution in [0.5, 0.6) is 0 Å². The Balaban J connectivity index is 1.52. The number of carbonyl (C=O) groups is 4. The number of esters is 1. The zero-order chi connectivity index (χ0) is 21.0. The third-order valence-electron chi connectivity index (χ3n) is 4.77. The molecule has 0 spiro atoms. The normalized spacial score (nSPS) is 17.1. The predicted molar refractivity (Wildman–Crippen MR) is 107 cm³/mol. The third kappa shape index (κ3) is 4.80. The van der Waals surface area contributed by atoms with Crippen LogP contribution in [0.3, 0.4) is 0 Å². The van der Waals surface area contributed by atoms with E-state index in [4.69, 9.17) is 10.5 Å². The molecule has 152 valence electrons. The number of anilines is 1. The lowest BCUT2D eigenvalue weighted by Crippen LogP contribution is -2.30. The molecule has 1 fully saturated rings. The second-order valence-corrected chi connectivity index (χ2v) is 7.63. The van der Waals surface area contributed by atoms with Gasteiger partial charge in [-0.1, -0.05) is 30.3 Å². The number of nitrogens with zero attached hydrogens (tertiary/aromatic N) is 1. The zero-order valence-corrected chi connectivity index (χ0v) is 16.6. The van der Waals surface area contributed by atoms with Crippen LogP contribution in [0.1, 0.15) is 35.3 Å². The van der Waals surface area contributed by atoms with Gasteiger partial charge in [0.1, 0.15) is 5.00 Å². The van der Waals surface area contributed by atoms with Gasteiger partial charge in [0.05, 0.1) is 17.5 Å². The van der Waals surface area contributed by atoms with Crippen LogP contribution in [-0.4, -0.2) is 41.7 Å². The standard InChI is InChI=1S/C20H21N3O5S/c1-12(13-5-3-2-4-6-13)23-10-14(9-17(23)25)20(27)28-11-16(24)22-19-15(18(21)26)7-8-29-19/h2-8,12,14H,9-11H2,1H3,(H2,21,26)(H,22,24)/t12-,14+/m0/s1. The second kappa shape index (κ2) is 8.87. The second-order valence-electron chi connectivity index (χ2n) is 6.72. The van der Waals surface area contributed by atoms with E-state index in [0.717, 1.165) is 16.9 Å². The first kappa shape index (κ1) is 20.5. The molecule has 0 radical (unpaired) electrons. The third-order valence-corrected chi connectivity index (χ3v) is 5.60. The molecule has 3 N–H and O–H groups in total. The van der Waals surface area contributed by atoms with Gasteiger partial charge in [0.2, 0.25) is 5.91 Å². The van der Waals surface area contributed by atoms with Crippen molar-refractivity contribution in [2.45, 2.75) is 19.4 Å². The highest BCUT2D eigenvalue weighted by molar-refractivity contribution is 7.14. The summed E-state index contributed by atoms with van der Waals surface area (Å²) in [4.78, 5) is 49.6. The Morgan fingerprint density at radius 3 is 2.69 bits per heavy atom. The van der Waals surface area contributed by atoms with Crippen molar-refractivity contribution in [1.82, 2.24) is 4.90 Å². The number of nitrogens with one attached hydrogen (secondary N) is 1. The van der Waals surface area contributed by atoms with Crippen molar-refractivity contribution in [3.05, 3.63) is 52.9 Å². The van der Waals surface area contributed by atoms with Crippen LogP contribution >= 0.6 is 11.3 Å². The minimum Gasteiger partial charge on any atom is -0.455 e. The first-order valence-corrected chi connectivity index (χ1v) is 9.93. The lowest BCUT2D eigenvalue weighted by molar-refractivity contribution is -0.151. The number of rotatable bonds is 7. The predicted octanol–water partition coefficient (Wildman–Crippen LogP) is 1.94. The number of amides is 3. The fourth-order valence-corrected chi connectivity index (χ4v) is 4.00. The van der Waals surface area contributed by atoms with Crippen LogP contribution in [0, 0.1) is 5.92 Å². The molecule has 2 heterocycles. The first-order valence-electron chi connectivity index (χ1n) is 9.05. The molecule has 1 saturated heterocycles. The molecule has 9 heteroatoms. The molecular weight excluding hydrogens is 394 g/mol. The fourth-order valence-electron chi connectivity index (χ4n) is 3.19. The summed E-state index contributed by atoms with van der Waals surface area (Å²) in [7, 11) is 0. The average Bonchev–Trinajstić information content (AvgIpc) is 3.33. The molecule has 0 unspecified atom stereocenters. The number of carbonyl (C=O) groups excluding carboxylic acids is 4. The fraction of sp³-hybridized carbons (Fsp3) is 0.300. The van der Waals surface area contributed by atoms with Crippen molar-refractivity contribution in [3.63, 3.8) is 0 Å². The maximum Gasteiger partial charge on any atom is 0.311 e. The molecule has 2 atom stereocenters. The molecule has 3 rings (SSSR count). The molecular formula is C20H21N3O5S. The van der Waals surface area contributed by atoms with Crippen LogP contribution in [0.15, 0.2) is 41.8 Å². The van der Waals surface area contributed by atoms with Gasteiger partial charge in [0.15, 0.2) is 6.61 Å². The highest BCUT2D eigenvalue weighted by Gasteiger charge is 2.38. The van der Waals surface area contributed by atoms with E-state index in [1.165, 1.54) is 6.07 Å². The van der Waals surface area contributed by atoms with E-state index >= 15 is 0 Å². The Bertz CT molecular complexity index is 927. The summed E-state index contributed by atoms with van der Waals surface area (Å²) in [6.45, 7) is 1.64. The number of primary amides is 1. The molecule has 1 aliphatic heterocycles. The molecule has 0 saturated carbocycles. The van der Waals surface area contributed by atoms with Crippen LogP contribution in [0.25, 0.3) is 0 Å². The van der Waals surface area contributed by atoms with Gasteiger partial charge in [-0.3, -0.25) is 19.2 Å². The molecule has 3 amide bonds. The van der Waals surface area contributed by atoms with Crippen molar-refractivity contribution in [3.8, 4) is 0 Å². The van der Waals surface area contributed by atoms with Crippen molar-refractivity contribution in [1.29, 1.82) is 0 Å². The maximum atomic E-state index is 12.4. The van der Waals surface area contributed by atoms with Gasteiger partial charge in [-0.2, -0.15) is 0 Å². The number of thiophene rings is 1. The zero-order valence-electron chi connectivity index (χ0n) is 15.8. The Hall–Kier alpha value is -3.20. The number of ether oxygens (including phenoxy) is 1. The van der Waals surface area contributed by atoms with Crippen LogP contribution in [0.4, 0.5) is 5.00 Å². The van der Waals surface area contributed by atoms with E-state index in [9.17, 15) is 19.2 Å². The molecule has 1 aromatic carbocycles. The van der Waals surface area contributed by atoms with Gasteiger partial charge in [-0.05, 0) is 23.9 Å². The van der Waals surface area contributed by atoms with Gasteiger partial charge in [0.25, 0.3) is 11.8 Å². The summed E-state index contributed by atoms with van der Waals surface area (Å²) in [6.07, 6.45) is 0.0500. The van der Waals surface area contributed by atoms with E-state index in [2.05, 4.69) is 5.32 Å². The van der Waals surface area contributed by atoms with Crippen molar-refractivity contribution < 1.29 is 23.9 Å². The van der Waals surface area contributed by atoms with E-state index in [0.29, 0.717) is 5.00 Å². The number of hydrogen-bond acceptors (Lipinski definition) is 6. The largest absolute Gasteiger partial charge is 0.455 e. The Morgan fingerprint density at radius 1 is 1.28 bits per heavy atom. The smallest absolute Gasteiger partial charge is 0.311 e. The molecule has 29 heavy (non-hydrogen) atoms. The minimum atomic E-state index is -0.657. The maximum absolute atomic E-state index is 12.4. The number of hydrogen-bond donors (Lipinski definition) is 2. The van der Waals surface area contributed by atoms with Gasteiger partial charge in [-0.25, -0.2) is 0 Å². The van der Waals surface area contributed by atoms with Crippen molar-refractivity contribution >= 4 is 40.0 Å². The van der Waals surface area contributed by atoms with E-state index in [1.54, 1.807) is 10.3 Å². The minimum absolute atomic E-state index is 0.0500. The molecule has 1 aromatic heterocycles. The summed E-state index contributed by atoms with van der Waals surface area (Å²) in [5.41, 5.74) is 6.40. The van der Waals surface area contributed by atoms with Crippen LogP contribution < -0.4 is 11.1 Å². The average molecular weight is 415 g/mol. The van der Waals surface area contributed by atoms with Gasteiger partial charge >= 0.3 is 5.97 Å². The summed E-state index contributed by atoms with van der Waals surface area (Å²) >= 11 is 1.14. The topological polar surface area (TPSA) is 119 Å². The van der Waals surface area contributed by atoms with Gasteiger partial charge in [-0.15, -0.1) is 11.3 Å². The van der Waals surface area contributed by atoms with E-state index < -0.39 is 30.3 Å². The summed E-state index contributed by atoms with van der Waals surface area (Å²) in [6, 6.07) is 10.9. The molecule has 2 aromatic rings. The molecule has 1 aliphatic rings. The van der Waals surface area contributed by atoms with Crippen LogP contribution in [0.2, 0.25) is 0 Å². The van der Waals surface area contributed by atoms with Crippen molar-refractivity contribution in [2.24, 2.45) is 11.7 Å². The Morgan fingerprint density at radius 2 is 2.00 bits per heavy atom. The lowest BCUT2D eigenvalue weighted by atomic mass is 10.1. The number of nitrogens with two attached hydrogens (primary N) is 1. The van der Waals surface area contributed by atoms with E-state index in [-0.39, 0.29) is 30.5 Å². The highest BCUT2D eigenvalue weighted by atomic mass is 32.1. The highest BCUT2D eigenvalue weighted by Crippen LogP contribution is 2.29. The monoisotopic (exact) mass is 415 g/mol. The van der Waals surface area contributed by atoms with Crippen LogP contribution in [-0.2, 0) is 19.1 Å².